The third-order valence-corrected chi connectivity index (χ3v) is 13.7. The minimum atomic E-state index is 1.23. The van der Waals surface area contributed by atoms with E-state index < -0.39 is 0 Å². The van der Waals surface area contributed by atoms with Gasteiger partial charge in [0, 0.05) is 45.7 Å². The second-order valence-corrected chi connectivity index (χ2v) is 16.5. The lowest BCUT2D eigenvalue weighted by Gasteiger charge is -2.19. The first kappa shape index (κ1) is 30.2. The van der Waals surface area contributed by atoms with Crippen molar-refractivity contribution in [1.82, 2.24) is 0 Å². The van der Waals surface area contributed by atoms with Gasteiger partial charge in [-0.3, -0.25) is 0 Å². The fourth-order valence-corrected chi connectivity index (χ4v) is 11.5. The zero-order chi connectivity index (χ0) is 35.3. The van der Waals surface area contributed by atoms with Crippen molar-refractivity contribution < 1.29 is 0 Å². The number of hydrogen-bond acceptors (Lipinski definition) is 2. The molecule has 0 nitrogen and oxygen atoms in total. The summed E-state index contributed by atoms with van der Waals surface area (Å²) in [5.74, 6) is 0. The molecular formula is C52H30S2. The molecule has 2 aromatic heterocycles. The molecule has 10 aromatic carbocycles. The van der Waals surface area contributed by atoms with Crippen LogP contribution < -0.4 is 0 Å². The number of thiophene rings is 2. The van der Waals surface area contributed by atoms with Crippen LogP contribution in [0.3, 0.4) is 0 Å². The summed E-state index contributed by atoms with van der Waals surface area (Å²) >= 11 is 3.83. The van der Waals surface area contributed by atoms with Gasteiger partial charge in [0.05, 0.1) is 0 Å². The molecule has 250 valence electrons. The minimum absolute atomic E-state index is 1.23. The molecular weight excluding hydrogens is 689 g/mol. The van der Waals surface area contributed by atoms with Crippen molar-refractivity contribution in [1.29, 1.82) is 0 Å². The van der Waals surface area contributed by atoms with Gasteiger partial charge in [-0.25, -0.2) is 0 Å². The van der Waals surface area contributed by atoms with Crippen molar-refractivity contribution in [3.63, 3.8) is 0 Å². The van der Waals surface area contributed by atoms with E-state index in [2.05, 4.69) is 182 Å². The molecule has 2 heteroatoms. The van der Waals surface area contributed by atoms with Gasteiger partial charge in [0.1, 0.15) is 0 Å². The molecule has 0 aliphatic heterocycles. The highest BCUT2D eigenvalue weighted by Crippen LogP contribution is 2.49. The van der Waals surface area contributed by atoms with Crippen molar-refractivity contribution in [2.45, 2.75) is 0 Å². The molecule has 0 radical (unpaired) electrons. The Kier molecular flexibility index (Phi) is 6.48. The van der Waals surface area contributed by atoms with Crippen LogP contribution in [-0.2, 0) is 0 Å². The molecule has 0 aliphatic rings. The molecule has 54 heavy (non-hydrogen) atoms. The van der Waals surface area contributed by atoms with Crippen LogP contribution in [0.15, 0.2) is 182 Å². The summed E-state index contributed by atoms with van der Waals surface area (Å²) in [5.41, 5.74) is 7.60. The SMILES string of the molecule is c1cc(-c2c3ccccc3c(-c3ccc4ccccc4c3)c3ccccc23)cc(-c2cc3sc4ccccc4c3c3ccc4c5ccccc5sc4c23)c1. The Morgan fingerprint density at radius 2 is 0.833 bits per heavy atom. The zero-order valence-electron chi connectivity index (χ0n) is 29.1. The molecule has 0 spiro atoms. The van der Waals surface area contributed by atoms with Crippen molar-refractivity contribution in [3.05, 3.63) is 182 Å². The molecule has 0 amide bonds. The first-order valence-electron chi connectivity index (χ1n) is 18.5. The Bertz CT molecular complexity index is 3450. The van der Waals surface area contributed by atoms with Crippen molar-refractivity contribution in [2.24, 2.45) is 0 Å². The highest BCUT2D eigenvalue weighted by atomic mass is 32.1. The molecule has 0 aliphatic carbocycles. The fourth-order valence-electron chi connectivity index (χ4n) is 9.08. The van der Waals surface area contributed by atoms with Crippen molar-refractivity contribution in [2.75, 3.05) is 0 Å². The predicted octanol–water partition coefficient (Wildman–Crippen LogP) is 16.0. The molecule has 12 aromatic rings. The average molecular weight is 719 g/mol. The van der Waals surface area contributed by atoms with E-state index in [1.807, 2.05) is 22.7 Å². The van der Waals surface area contributed by atoms with Gasteiger partial charge in [-0.15, -0.1) is 22.7 Å². The lowest BCUT2D eigenvalue weighted by Crippen LogP contribution is -1.91. The monoisotopic (exact) mass is 718 g/mol. The lowest BCUT2D eigenvalue weighted by atomic mass is 9.85. The number of fused-ring (bicyclic) bond motifs is 12. The average Bonchev–Trinajstić information content (AvgIpc) is 3.81. The van der Waals surface area contributed by atoms with Crippen LogP contribution in [-0.4, -0.2) is 0 Å². The van der Waals surface area contributed by atoms with Gasteiger partial charge in [0.2, 0.25) is 0 Å². The van der Waals surface area contributed by atoms with Gasteiger partial charge in [0.15, 0.2) is 0 Å². The molecule has 0 bridgehead atoms. The van der Waals surface area contributed by atoms with Crippen LogP contribution in [0.2, 0.25) is 0 Å². The fraction of sp³-hybridized carbons (Fsp3) is 0. The minimum Gasteiger partial charge on any atom is -0.135 e. The molecule has 0 fully saturated rings. The van der Waals surface area contributed by atoms with Gasteiger partial charge in [0.25, 0.3) is 0 Å². The summed E-state index contributed by atoms with van der Waals surface area (Å²) in [6, 6.07) is 67.9. The summed E-state index contributed by atoms with van der Waals surface area (Å²) in [7, 11) is 0. The quantitative estimate of drug-likeness (QED) is 0.160. The van der Waals surface area contributed by atoms with Crippen LogP contribution in [0.5, 0.6) is 0 Å². The maximum absolute atomic E-state index is 2.48. The maximum Gasteiger partial charge on any atom is 0.0440 e. The van der Waals surface area contributed by atoms with Gasteiger partial charge < -0.3 is 0 Å². The Morgan fingerprint density at radius 3 is 1.56 bits per heavy atom. The predicted molar refractivity (Wildman–Crippen MR) is 239 cm³/mol. The van der Waals surface area contributed by atoms with E-state index in [1.54, 1.807) is 0 Å². The molecule has 0 unspecified atom stereocenters. The van der Waals surface area contributed by atoms with E-state index in [-0.39, 0.29) is 0 Å². The van der Waals surface area contributed by atoms with E-state index in [0.717, 1.165) is 0 Å². The summed E-state index contributed by atoms with van der Waals surface area (Å²) in [6.07, 6.45) is 0. The molecule has 0 saturated carbocycles. The summed E-state index contributed by atoms with van der Waals surface area (Å²) < 4.78 is 5.36. The van der Waals surface area contributed by atoms with E-state index in [1.165, 1.54) is 117 Å². The van der Waals surface area contributed by atoms with E-state index in [9.17, 15) is 0 Å². The van der Waals surface area contributed by atoms with Crippen LogP contribution in [0.25, 0.3) is 117 Å². The van der Waals surface area contributed by atoms with Crippen molar-refractivity contribution >= 4 is 106 Å². The molecule has 0 atom stereocenters. The third-order valence-electron chi connectivity index (χ3n) is 11.4. The topological polar surface area (TPSA) is 0 Å². The number of benzene rings is 10. The summed E-state index contributed by atoms with van der Waals surface area (Å²) in [6.45, 7) is 0. The molecule has 12 rings (SSSR count). The molecule has 0 N–H and O–H groups in total. The lowest BCUT2D eigenvalue weighted by molar-refractivity contribution is 1.65. The number of hydrogen-bond donors (Lipinski definition) is 0. The Morgan fingerprint density at radius 1 is 0.278 bits per heavy atom. The molecule has 0 saturated heterocycles. The smallest absolute Gasteiger partial charge is 0.0440 e. The van der Waals surface area contributed by atoms with E-state index in [0.29, 0.717) is 0 Å². The highest BCUT2D eigenvalue weighted by molar-refractivity contribution is 7.27. The number of rotatable bonds is 3. The second-order valence-electron chi connectivity index (χ2n) is 14.3. The van der Waals surface area contributed by atoms with Gasteiger partial charge >= 0.3 is 0 Å². The normalized spacial score (nSPS) is 12.1. The van der Waals surface area contributed by atoms with E-state index in [4.69, 9.17) is 0 Å². The largest absolute Gasteiger partial charge is 0.135 e. The first-order chi connectivity index (χ1) is 26.8. The first-order valence-corrected chi connectivity index (χ1v) is 20.1. The highest BCUT2D eigenvalue weighted by Gasteiger charge is 2.20. The zero-order valence-corrected chi connectivity index (χ0v) is 30.8. The maximum atomic E-state index is 2.48. The standard InChI is InChI=1S/C52H30S2/c1-2-13-32-28-35(25-24-31(32)12-1)49-39-19-5-3-17-37(39)48(38-18-4-6-20-40(38)49)34-15-11-14-33(29-34)44-30-47-50(42-21-8-10-23-46(42)53-47)43-27-26-41-36-16-7-9-22-45(36)54-52(41)51(43)44/h1-30H. The Labute approximate surface area is 319 Å². The van der Waals surface area contributed by atoms with Gasteiger partial charge in [-0.2, -0.15) is 0 Å². The van der Waals surface area contributed by atoms with E-state index >= 15 is 0 Å². The Hall–Kier alpha value is -6.32. The van der Waals surface area contributed by atoms with Crippen LogP contribution in [0, 0.1) is 0 Å². The van der Waals surface area contributed by atoms with Crippen LogP contribution in [0.4, 0.5) is 0 Å². The van der Waals surface area contributed by atoms with Crippen LogP contribution >= 0.6 is 22.7 Å². The second kappa shape index (κ2) is 11.6. The summed E-state index contributed by atoms with van der Waals surface area (Å²) in [5, 5.41) is 15.7. The summed E-state index contributed by atoms with van der Waals surface area (Å²) in [4.78, 5) is 0. The van der Waals surface area contributed by atoms with Crippen molar-refractivity contribution in [3.8, 4) is 33.4 Å². The molecule has 2 heterocycles. The van der Waals surface area contributed by atoms with Gasteiger partial charge in [-0.1, -0.05) is 152 Å². The third kappa shape index (κ3) is 4.36. The van der Waals surface area contributed by atoms with Gasteiger partial charge in [-0.05, 0) is 101 Å². The Balaban J connectivity index is 1.16. The van der Waals surface area contributed by atoms with Crippen LogP contribution in [0.1, 0.15) is 0 Å².